The van der Waals surface area contributed by atoms with Crippen molar-refractivity contribution in [1.29, 1.82) is 0 Å². The third-order valence-corrected chi connectivity index (χ3v) is 5.34. The summed E-state index contributed by atoms with van der Waals surface area (Å²) < 4.78 is 6.23. The molecule has 4 rings (SSSR count). The molecule has 1 aromatic heterocycles. The molecule has 0 bridgehead atoms. The zero-order valence-corrected chi connectivity index (χ0v) is 16.5. The van der Waals surface area contributed by atoms with E-state index in [2.05, 4.69) is 10.3 Å². The van der Waals surface area contributed by atoms with Crippen LogP contribution >= 0.6 is 11.3 Å². The van der Waals surface area contributed by atoms with Gasteiger partial charge in [-0.15, -0.1) is 0 Å². The molecule has 0 aliphatic heterocycles. The van der Waals surface area contributed by atoms with Crippen molar-refractivity contribution in [1.82, 2.24) is 4.98 Å². The summed E-state index contributed by atoms with van der Waals surface area (Å²) >= 11 is 1.37. The number of nitrogens with zero attached hydrogens (tertiary/aromatic N) is 1. The number of hydrogen-bond donors (Lipinski definition) is 1. The molecule has 4 aromatic rings. The summed E-state index contributed by atoms with van der Waals surface area (Å²) in [5, 5.41) is 3.16. The molecule has 0 spiro atoms. The van der Waals surface area contributed by atoms with Crippen LogP contribution in [0.4, 0.5) is 5.13 Å². The zero-order valence-electron chi connectivity index (χ0n) is 15.7. The van der Waals surface area contributed by atoms with Gasteiger partial charge in [-0.2, -0.15) is 0 Å². The lowest BCUT2D eigenvalue weighted by Gasteiger charge is -2.10. The first-order chi connectivity index (χ1) is 14.1. The monoisotopic (exact) mass is 402 g/mol. The van der Waals surface area contributed by atoms with Gasteiger partial charge in [0.05, 0.1) is 15.8 Å². The van der Waals surface area contributed by atoms with Crippen LogP contribution in [0.3, 0.4) is 0 Å². The molecule has 0 fully saturated rings. The van der Waals surface area contributed by atoms with Crippen LogP contribution in [0.1, 0.15) is 15.9 Å². The fraction of sp³-hybridized carbons (Fsp3) is 0.0870. The number of rotatable bonds is 5. The van der Waals surface area contributed by atoms with Gasteiger partial charge in [0.25, 0.3) is 5.91 Å². The molecule has 0 unspecified atom stereocenters. The molecule has 1 heterocycles. The molecule has 0 saturated carbocycles. The molecule has 6 heteroatoms. The molecule has 0 radical (unpaired) electrons. The highest BCUT2D eigenvalue weighted by molar-refractivity contribution is 7.22. The van der Waals surface area contributed by atoms with Gasteiger partial charge in [-0.1, -0.05) is 71.5 Å². The smallest absolute Gasteiger partial charge is 0.339 e. The van der Waals surface area contributed by atoms with Crippen LogP contribution in [0, 0.1) is 6.92 Å². The van der Waals surface area contributed by atoms with E-state index in [4.69, 9.17) is 4.74 Å². The number of nitrogens with one attached hydrogen (secondary N) is 1. The largest absolute Gasteiger partial charge is 0.452 e. The van der Waals surface area contributed by atoms with Crippen LogP contribution in [-0.4, -0.2) is 23.5 Å². The minimum absolute atomic E-state index is 0.378. The number of anilines is 1. The third kappa shape index (κ3) is 4.33. The molecular formula is C23H18N2O3S. The van der Waals surface area contributed by atoms with Crippen molar-refractivity contribution in [2.45, 2.75) is 6.92 Å². The Bertz CT molecular complexity index is 1150. The Kier molecular flexibility index (Phi) is 5.35. The summed E-state index contributed by atoms with van der Waals surface area (Å²) in [6.07, 6.45) is 0. The number of fused-ring (bicyclic) bond motifs is 1. The van der Waals surface area contributed by atoms with E-state index in [0.29, 0.717) is 10.7 Å². The van der Waals surface area contributed by atoms with Gasteiger partial charge in [-0.05, 0) is 36.2 Å². The summed E-state index contributed by atoms with van der Waals surface area (Å²) in [4.78, 5) is 29.1. The number of hydrogen-bond acceptors (Lipinski definition) is 5. The third-order valence-electron chi connectivity index (χ3n) is 4.38. The molecule has 0 aliphatic rings. The van der Waals surface area contributed by atoms with E-state index in [0.717, 1.165) is 26.9 Å². The number of esters is 1. The molecule has 1 N–H and O–H groups in total. The second-order valence-corrected chi connectivity index (χ2v) is 7.55. The Morgan fingerprint density at radius 2 is 1.69 bits per heavy atom. The first kappa shape index (κ1) is 18.8. The van der Waals surface area contributed by atoms with Gasteiger partial charge in [0, 0.05) is 0 Å². The number of amides is 1. The Morgan fingerprint density at radius 3 is 2.48 bits per heavy atom. The van der Waals surface area contributed by atoms with Gasteiger partial charge in [0.1, 0.15) is 0 Å². The number of thiazole rings is 1. The number of aromatic nitrogens is 1. The normalized spacial score (nSPS) is 10.7. The first-order valence-electron chi connectivity index (χ1n) is 9.09. The molecule has 3 aromatic carbocycles. The average molecular weight is 402 g/mol. The van der Waals surface area contributed by atoms with Crippen molar-refractivity contribution in [3.05, 3.63) is 83.9 Å². The highest BCUT2D eigenvalue weighted by Crippen LogP contribution is 2.26. The minimum atomic E-state index is -0.541. The van der Waals surface area contributed by atoms with Crippen LogP contribution in [0.2, 0.25) is 0 Å². The minimum Gasteiger partial charge on any atom is -0.452 e. The SMILES string of the molecule is Cc1ccc(-c2ccccc2C(=O)OCC(=O)Nc2nc3ccccc3s2)cc1. The lowest BCUT2D eigenvalue weighted by atomic mass is 9.99. The van der Waals surface area contributed by atoms with Crippen molar-refractivity contribution in [3.8, 4) is 11.1 Å². The molecule has 1 amide bonds. The maximum absolute atomic E-state index is 12.6. The lowest BCUT2D eigenvalue weighted by Crippen LogP contribution is -2.21. The second-order valence-electron chi connectivity index (χ2n) is 6.52. The van der Waals surface area contributed by atoms with Crippen molar-refractivity contribution in [2.75, 3.05) is 11.9 Å². The van der Waals surface area contributed by atoms with E-state index in [9.17, 15) is 9.59 Å². The predicted molar refractivity (Wildman–Crippen MR) is 115 cm³/mol. The van der Waals surface area contributed by atoms with Crippen LogP contribution in [0.15, 0.2) is 72.8 Å². The lowest BCUT2D eigenvalue weighted by molar-refractivity contribution is -0.119. The van der Waals surface area contributed by atoms with Crippen LogP contribution < -0.4 is 5.32 Å². The maximum atomic E-state index is 12.6. The first-order valence-corrected chi connectivity index (χ1v) is 9.90. The number of benzene rings is 3. The van der Waals surface area contributed by atoms with Crippen LogP contribution in [0.25, 0.3) is 21.3 Å². The van der Waals surface area contributed by atoms with Crippen molar-refractivity contribution < 1.29 is 14.3 Å². The average Bonchev–Trinajstić information content (AvgIpc) is 3.15. The molecular weight excluding hydrogens is 384 g/mol. The van der Waals surface area contributed by atoms with Crippen LogP contribution in [0.5, 0.6) is 0 Å². The predicted octanol–water partition coefficient (Wildman–Crippen LogP) is 5.07. The van der Waals surface area contributed by atoms with Gasteiger partial charge < -0.3 is 4.74 Å². The van der Waals surface area contributed by atoms with Gasteiger partial charge in [-0.3, -0.25) is 10.1 Å². The number of carbonyl (C=O) groups excluding carboxylic acids is 2. The van der Waals surface area contributed by atoms with E-state index in [-0.39, 0.29) is 6.61 Å². The van der Waals surface area contributed by atoms with Gasteiger partial charge in [0.15, 0.2) is 11.7 Å². The summed E-state index contributed by atoms with van der Waals surface area (Å²) in [6.45, 7) is 1.63. The Morgan fingerprint density at radius 1 is 0.966 bits per heavy atom. The number of para-hydroxylation sites is 1. The number of aryl methyl sites for hydroxylation is 1. The quantitative estimate of drug-likeness (QED) is 0.474. The van der Waals surface area contributed by atoms with E-state index in [1.54, 1.807) is 12.1 Å². The number of carbonyl (C=O) groups is 2. The van der Waals surface area contributed by atoms with Gasteiger partial charge >= 0.3 is 5.97 Å². The highest BCUT2D eigenvalue weighted by atomic mass is 32.1. The molecule has 144 valence electrons. The van der Waals surface area contributed by atoms with E-state index in [1.807, 2.05) is 67.6 Å². The molecule has 5 nitrogen and oxygen atoms in total. The van der Waals surface area contributed by atoms with Crippen molar-refractivity contribution >= 4 is 38.6 Å². The van der Waals surface area contributed by atoms with Gasteiger partial charge in [-0.25, -0.2) is 9.78 Å². The second kappa shape index (κ2) is 8.24. The zero-order chi connectivity index (χ0) is 20.2. The molecule has 0 atom stereocenters. The van der Waals surface area contributed by atoms with Crippen LogP contribution in [-0.2, 0) is 9.53 Å². The Hall–Kier alpha value is -3.51. The standard InChI is InChI=1S/C23H18N2O3S/c1-15-10-12-16(13-11-15)17-6-2-3-7-18(17)22(27)28-14-21(26)25-23-24-19-8-4-5-9-20(19)29-23/h2-13H,14H2,1H3,(H,24,25,26). The fourth-order valence-corrected chi connectivity index (χ4v) is 3.82. The maximum Gasteiger partial charge on any atom is 0.339 e. The molecule has 29 heavy (non-hydrogen) atoms. The summed E-state index contributed by atoms with van der Waals surface area (Å²) in [6, 6.07) is 22.7. The summed E-state index contributed by atoms with van der Waals surface area (Å²) in [5.74, 6) is -0.967. The molecule has 0 aliphatic carbocycles. The Labute approximate surface area is 172 Å². The molecule has 0 saturated heterocycles. The van der Waals surface area contributed by atoms with E-state index in [1.165, 1.54) is 11.3 Å². The highest BCUT2D eigenvalue weighted by Gasteiger charge is 2.16. The van der Waals surface area contributed by atoms with E-state index < -0.39 is 11.9 Å². The number of ether oxygens (including phenoxy) is 1. The van der Waals surface area contributed by atoms with Gasteiger partial charge in [0.2, 0.25) is 0 Å². The van der Waals surface area contributed by atoms with Crippen molar-refractivity contribution in [3.63, 3.8) is 0 Å². The van der Waals surface area contributed by atoms with Crippen molar-refractivity contribution in [2.24, 2.45) is 0 Å². The summed E-state index contributed by atoms with van der Waals surface area (Å²) in [5.41, 5.74) is 4.06. The van der Waals surface area contributed by atoms with E-state index >= 15 is 0 Å². The Balaban J connectivity index is 1.43. The fourth-order valence-electron chi connectivity index (χ4n) is 2.94. The summed E-state index contributed by atoms with van der Waals surface area (Å²) in [7, 11) is 0. The topological polar surface area (TPSA) is 68.3 Å².